The quantitative estimate of drug-likeness (QED) is 0.742. The van der Waals surface area contributed by atoms with Crippen LogP contribution in [-0.2, 0) is 14.8 Å². The number of rotatable bonds is 6. The summed E-state index contributed by atoms with van der Waals surface area (Å²) in [7, 11) is -3.71. The Morgan fingerprint density at radius 1 is 1.00 bits per heavy atom. The molecule has 0 saturated carbocycles. The minimum absolute atomic E-state index is 0.223. The van der Waals surface area contributed by atoms with E-state index in [4.69, 9.17) is 0 Å². The van der Waals surface area contributed by atoms with Crippen molar-refractivity contribution in [3.63, 3.8) is 0 Å². The fourth-order valence-corrected chi connectivity index (χ4v) is 6.11. The summed E-state index contributed by atoms with van der Waals surface area (Å²) in [4.78, 5) is 15.4. The molecule has 8 heteroatoms. The first-order valence-electron chi connectivity index (χ1n) is 10.8. The first-order chi connectivity index (χ1) is 14.9. The Balaban J connectivity index is 1.37. The van der Waals surface area contributed by atoms with Crippen molar-refractivity contribution in [2.45, 2.75) is 36.6 Å². The number of halogens is 1. The van der Waals surface area contributed by atoms with Crippen molar-refractivity contribution in [1.29, 1.82) is 0 Å². The summed E-state index contributed by atoms with van der Waals surface area (Å²) in [6.07, 6.45) is 3.05. The molecular weight excluding hydrogens is 417 g/mol. The van der Waals surface area contributed by atoms with E-state index >= 15 is 0 Å². The van der Waals surface area contributed by atoms with Gasteiger partial charge in [0.1, 0.15) is 11.9 Å². The largest absolute Gasteiger partial charge is 0.371 e. The molecule has 2 aromatic rings. The molecule has 0 aromatic heterocycles. The predicted octanol–water partition coefficient (Wildman–Crippen LogP) is 3.01. The molecular formula is C23H28FN3O3S. The average Bonchev–Trinajstić information content (AvgIpc) is 3.27. The Morgan fingerprint density at radius 2 is 1.74 bits per heavy atom. The molecule has 0 bridgehead atoms. The average molecular weight is 446 g/mol. The third-order valence-corrected chi connectivity index (χ3v) is 8.07. The van der Waals surface area contributed by atoms with E-state index in [1.165, 1.54) is 16.4 Å². The van der Waals surface area contributed by atoms with Crippen LogP contribution in [-0.4, -0.2) is 50.9 Å². The summed E-state index contributed by atoms with van der Waals surface area (Å²) < 4.78 is 40.7. The zero-order chi connectivity index (χ0) is 21.8. The number of hydrogen-bond acceptors (Lipinski definition) is 4. The number of sulfonamides is 1. The number of piperidine rings is 1. The van der Waals surface area contributed by atoms with Crippen LogP contribution < -0.4 is 10.2 Å². The predicted molar refractivity (Wildman–Crippen MR) is 118 cm³/mol. The fraction of sp³-hybridized carbons (Fsp3) is 0.435. The Kier molecular flexibility index (Phi) is 6.57. The number of nitrogens with zero attached hydrogens (tertiary/aromatic N) is 2. The van der Waals surface area contributed by atoms with Gasteiger partial charge in [0.05, 0.1) is 4.90 Å². The standard InChI is InChI=1S/C23H28FN3O3S/c24-19-9-11-20(12-10-19)26-15-13-18(17-26)16-25-23(28)22-8-4-5-14-27(22)31(29,30)21-6-2-1-3-7-21/h1-3,6-7,9-12,18,22H,4-5,8,13-17H2,(H,25,28). The monoisotopic (exact) mass is 445 g/mol. The Hall–Kier alpha value is -2.45. The van der Waals surface area contributed by atoms with E-state index in [2.05, 4.69) is 10.2 Å². The molecule has 1 amide bonds. The highest BCUT2D eigenvalue weighted by Crippen LogP contribution is 2.26. The third kappa shape index (κ3) is 4.91. The summed E-state index contributed by atoms with van der Waals surface area (Å²) >= 11 is 0. The van der Waals surface area contributed by atoms with E-state index < -0.39 is 16.1 Å². The lowest BCUT2D eigenvalue weighted by atomic mass is 10.0. The van der Waals surface area contributed by atoms with Gasteiger partial charge in [0.2, 0.25) is 15.9 Å². The van der Waals surface area contributed by atoms with Gasteiger partial charge in [-0.2, -0.15) is 4.31 Å². The third-order valence-electron chi connectivity index (χ3n) is 6.15. The van der Waals surface area contributed by atoms with Gasteiger partial charge >= 0.3 is 0 Å². The number of amides is 1. The molecule has 31 heavy (non-hydrogen) atoms. The van der Waals surface area contributed by atoms with Crippen LogP contribution in [0.5, 0.6) is 0 Å². The molecule has 0 spiro atoms. The maximum atomic E-state index is 13.1. The van der Waals surface area contributed by atoms with Gasteiger partial charge in [-0.05, 0) is 61.6 Å². The molecule has 1 N–H and O–H groups in total. The summed E-state index contributed by atoms with van der Waals surface area (Å²) in [5.74, 6) is -0.203. The number of hydrogen-bond donors (Lipinski definition) is 1. The van der Waals surface area contributed by atoms with Crippen molar-refractivity contribution < 1.29 is 17.6 Å². The minimum atomic E-state index is -3.71. The van der Waals surface area contributed by atoms with Crippen LogP contribution in [0, 0.1) is 11.7 Å². The lowest BCUT2D eigenvalue weighted by Gasteiger charge is -2.33. The van der Waals surface area contributed by atoms with Crippen molar-refractivity contribution in [2.24, 2.45) is 5.92 Å². The van der Waals surface area contributed by atoms with E-state index in [0.29, 0.717) is 19.5 Å². The second-order valence-corrected chi connectivity index (χ2v) is 10.2. The van der Waals surface area contributed by atoms with Crippen molar-refractivity contribution in [3.05, 3.63) is 60.4 Å². The van der Waals surface area contributed by atoms with E-state index in [0.717, 1.165) is 38.0 Å². The molecule has 2 aliphatic rings. The molecule has 2 fully saturated rings. The van der Waals surface area contributed by atoms with Crippen molar-refractivity contribution in [1.82, 2.24) is 9.62 Å². The molecule has 2 aromatic carbocycles. The second kappa shape index (κ2) is 9.36. The molecule has 166 valence electrons. The summed E-state index contributed by atoms with van der Waals surface area (Å²) in [6.45, 7) is 2.50. The molecule has 6 nitrogen and oxygen atoms in total. The molecule has 4 rings (SSSR count). The van der Waals surface area contributed by atoms with Gasteiger partial charge in [0.15, 0.2) is 0 Å². The zero-order valence-electron chi connectivity index (χ0n) is 17.4. The topological polar surface area (TPSA) is 69.7 Å². The minimum Gasteiger partial charge on any atom is -0.371 e. The number of anilines is 1. The molecule has 2 aliphatic heterocycles. The lowest BCUT2D eigenvalue weighted by Crippen LogP contribution is -2.52. The Morgan fingerprint density at radius 3 is 2.48 bits per heavy atom. The highest BCUT2D eigenvalue weighted by molar-refractivity contribution is 7.89. The Labute approximate surface area is 183 Å². The normalized spacial score (nSPS) is 22.4. The van der Waals surface area contributed by atoms with Crippen LogP contribution in [0.1, 0.15) is 25.7 Å². The van der Waals surface area contributed by atoms with E-state index in [9.17, 15) is 17.6 Å². The lowest BCUT2D eigenvalue weighted by molar-refractivity contribution is -0.125. The number of nitrogens with one attached hydrogen (secondary N) is 1. The van der Waals surface area contributed by atoms with Gasteiger partial charge in [-0.25, -0.2) is 12.8 Å². The Bertz CT molecular complexity index is 998. The summed E-state index contributed by atoms with van der Waals surface area (Å²) in [5.41, 5.74) is 0.975. The fourth-order valence-electron chi connectivity index (χ4n) is 4.43. The molecule has 2 heterocycles. The van der Waals surface area contributed by atoms with E-state index in [1.807, 2.05) is 0 Å². The summed E-state index contributed by atoms with van der Waals surface area (Å²) in [5, 5.41) is 3.00. The maximum absolute atomic E-state index is 13.1. The SMILES string of the molecule is O=C(NCC1CCN(c2ccc(F)cc2)C1)C1CCCCN1S(=O)(=O)c1ccccc1. The van der Waals surface area contributed by atoms with Gasteiger partial charge < -0.3 is 10.2 Å². The highest BCUT2D eigenvalue weighted by Gasteiger charge is 2.37. The highest BCUT2D eigenvalue weighted by atomic mass is 32.2. The van der Waals surface area contributed by atoms with Gasteiger partial charge in [-0.15, -0.1) is 0 Å². The van der Waals surface area contributed by atoms with Crippen LogP contribution in [0.2, 0.25) is 0 Å². The van der Waals surface area contributed by atoms with Crippen LogP contribution in [0.25, 0.3) is 0 Å². The molecule has 2 saturated heterocycles. The zero-order valence-corrected chi connectivity index (χ0v) is 18.2. The van der Waals surface area contributed by atoms with Crippen molar-refractivity contribution >= 4 is 21.6 Å². The van der Waals surface area contributed by atoms with Crippen LogP contribution in [0.3, 0.4) is 0 Å². The number of carbonyl (C=O) groups excluding carboxylic acids is 1. The summed E-state index contributed by atoms with van der Waals surface area (Å²) in [6, 6.07) is 14.1. The van der Waals surface area contributed by atoms with Gasteiger partial charge in [-0.1, -0.05) is 24.6 Å². The van der Waals surface area contributed by atoms with Crippen molar-refractivity contribution in [3.8, 4) is 0 Å². The maximum Gasteiger partial charge on any atom is 0.243 e. The van der Waals surface area contributed by atoms with Gasteiger partial charge in [-0.3, -0.25) is 4.79 Å². The van der Waals surface area contributed by atoms with Crippen LogP contribution in [0.4, 0.5) is 10.1 Å². The van der Waals surface area contributed by atoms with Gasteiger partial charge in [0.25, 0.3) is 0 Å². The van der Waals surface area contributed by atoms with Crippen LogP contribution >= 0.6 is 0 Å². The molecule has 0 radical (unpaired) electrons. The first-order valence-corrected chi connectivity index (χ1v) is 12.2. The van der Waals surface area contributed by atoms with E-state index in [1.54, 1.807) is 42.5 Å². The first kappa shape index (κ1) is 21.8. The number of carbonyl (C=O) groups is 1. The number of benzene rings is 2. The van der Waals surface area contributed by atoms with Crippen LogP contribution in [0.15, 0.2) is 59.5 Å². The van der Waals surface area contributed by atoms with Crippen molar-refractivity contribution in [2.75, 3.05) is 31.1 Å². The second-order valence-electron chi connectivity index (χ2n) is 8.26. The molecule has 2 unspecified atom stereocenters. The van der Waals surface area contributed by atoms with E-state index in [-0.39, 0.29) is 22.5 Å². The smallest absolute Gasteiger partial charge is 0.243 e. The molecule has 2 atom stereocenters. The van der Waals surface area contributed by atoms with Gasteiger partial charge in [0, 0.05) is 31.9 Å². The molecule has 0 aliphatic carbocycles.